The van der Waals surface area contributed by atoms with E-state index in [1.54, 1.807) is 0 Å². The van der Waals surface area contributed by atoms with E-state index in [0.29, 0.717) is 24.3 Å². The third kappa shape index (κ3) is 1.87. The van der Waals surface area contributed by atoms with Gasteiger partial charge in [0.15, 0.2) is 0 Å². The van der Waals surface area contributed by atoms with E-state index >= 15 is 0 Å². The molecule has 2 aromatic rings. The first kappa shape index (κ1) is 9.79. The predicted molar refractivity (Wildman–Crippen MR) is 54.2 cm³/mol. The highest BCUT2D eigenvalue weighted by Gasteiger charge is 2.02. The minimum absolute atomic E-state index is 0.219. The smallest absolute Gasteiger partial charge is 0.258 e. The molecule has 0 fully saturated rings. The first-order valence-corrected chi connectivity index (χ1v) is 4.58. The number of hydrogen-bond donors (Lipinski definition) is 1. The number of nitrogens with zero attached hydrogens (tertiary/aromatic N) is 2. The molecular formula is C10H10FN3O. The van der Waals surface area contributed by atoms with Crippen LogP contribution < -0.4 is 11.3 Å². The van der Waals surface area contributed by atoms with Crippen LogP contribution in [0.15, 0.2) is 29.2 Å². The molecule has 5 heteroatoms. The molecule has 0 aliphatic heterocycles. The Hall–Kier alpha value is -1.75. The monoisotopic (exact) mass is 207 g/mol. The summed E-state index contributed by atoms with van der Waals surface area (Å²) in [5, 5.41) is 0. The van der Waals surface area contributed by atoms with Crippen LogP contribution in [0.3, 0.4) is 0 Å². The van der Waals surface area contributed by atoms with E-state index in [4.69, 9.17) is 5.73 Å². The summed E-state index contributed by atoms with van der Waals surface area (Å²) >= 11 is 0. The average molecular weight is 207 g/mol. The van der Waals surface area contributed by atoms with Crippen molar-refractivity contribution in [3.63, 3.8) is 0 Å². The molecule has 0 bridgehead atoms. The summed E-state index contributed by atoms with van der Waals surface area (Å²) in [6.45, 7) is 0.415. The number of pyridine rings is 1. The molecule has 4 nitrogen and oxygen atoms in total. The van der Waals surface area contributed by atoms with E-state index in [2.05, 4.69) is 4.98 Å². The molecule has 15 heavy (non-hydrogen) atoms. The van der Waals surface area contributed by atoms with Gasteiger partial charge in [0.1, 0.15) is 11.5 Å². The van der Waals surface area contributed by atoms with Gasteiger partial charge in [-0.25, -0.2) is 9.37 Å². The van der Waals surface area contributed by atoms with Crippen molar-refractivity contribution in [2.75, 3.05) is 6.54 Å². The summed E-state index contributed by atoms with van der Waals surface area (Å²) in [6, 6.07) is 3.86. The highest BCUT2D eigenvalue weighted by atomic mass is 19.1. The molecule has 0 saturated carbocycles. The molecular weight excluding hydrogens is 197 g/mol. The number of nitrogens with two attached hydrogens (primary N) is 1. The fourth-order valence-corrected chi connectivity index (χ4v) is 1.40. The van der Waals surface area contributed by atoms with Crippen LogP contribution in [0.1, 0.15) is 5.69 Å². The summed E-state index contributed by atoms with van der Waals surface area (Å²) in [6.07, 6.45) is 1.88. The molecule has 0 aliphatic carbocycles. The Morgan fingerprint density at radius 3 is 3.00 bits per heavy atom. The van der Waals surface area contributed by atoms with Gasteiger partial charge in [0.05, 0.1) is 0 Å². The molecule has 0 aliphatic rings. The Morgan fingerprint density at radius 2 is 2.27 bits per heavy atom. The summed E-state index contributed by atoms with van der Waals surface area (Å²) in [7, 11) is 0. The van der Waals surface area contributed by atoms with Crippen molar-refractivity contribution in [2.24, 2.45) is 5.73 Å². The van der Waals surface area contributed by atoms with E-state index < -0.39 is 5.82 Å². The van der Waals surface area contributed by atoms with Crippen LogP contribution in [0.4, 0.5) is 4.39 Å². The Kier molecular flexibility index (Phi) is 2.47. The van der Waals surface area contributed by atoms with Gasteiger partial charge in [-0.2, -0.15) is 0 Å². The normalized spacial score (nSPS) is 10.8. The van der Waals surface area contributed by atoms with Gasteiger partial charge in [-0.1, -0.05) is 0 Å². The van der Waals surface area contributed by atoms with E-state index in [9.17, 15) is 9.18 Å². The minimum Gasteiger partial charge on any atom is -0.330 e. The highest BCUT2D eigenvalue weighted by molar-refractivity contribution is 5.38. The SMILES string of the molecule is NCCc1cc(=O)n2ccc(F)cc2n1. The van der Waals surface area contributed by atoms with Crippen LogP contribution >= 0.6 is 0 Å². The molecule has 0 unspecified atom stereocenters. The molecule has 2 N–H and O–H groups in total. The van der Waals surface area contributed by atoms with Crippen molar-refractivity contribution < 1.29 is 4.39 Å². The fraction of sp³-hybridized carbons (Fsp3) is 0.200. The van der Waals surface area contributed by atoms with Gasteiger partial charge in [0.25, 0.3) is 5.56 Å². The topological polar surface area (TPSA) is 60.4 Å². The molecule has 0 saturated heterocycles. The van der Waals surface area contributed by atoms with Gasteiger partial charge >= 0.3 is 0 Å². The lowest BCUT2D eigenvalue weighted by molar-refractivity contribution is 0.625. The molecule has 0 radical (unpaired) electrons. The Morgan fingerprint density at radius 1 is 1.47 bits per heavy atom. The van der Waals surface area contributed by atoms with Crippen LogP contribution in [0.5, 0.6) is 0 Å². The second-order valence-corrected chi connectivity index (χ2v) is 3.20. The van der Waals surface area contributed by atoms with Crippen molar-refractivity contribution in [3.05, 3.63) is 46.3 Å². The van der Waals surface area contributed by atoms with Crippen LogP contribution in [-0.4, -0.2) is 15.9 Å². The first-order valence-electron chi connectivity index (χ1n) is 4.58. The minimum atomic E-state index is -0.410. The molecule has 2 rings (SSSR count). The van der Waals surface area contributed by atoms with Crippen molar-refractivity contribution in [3.8, 4) is 0 Å². The lowest BCUT2D eigenvalue weighted by atomic mass is 10.3. The van der Waals surface area contributed by atoms with E-state index in [0.717, 1.165) is 0 Å². The zero-order valence-electron chi connectivity index (χ0n) is 7.98. The second kappa shape index (κ2) is 3.78. The van der Waals surface area contributed by atoms with Crippen LogP contribution in [0.2, 0.25) is 0 Å². The molecule has 2 aromatic heterocycles. The largest absolute Gasteiger partial charge is 0.330 e. The van der Waals surface area contributed by atoms with Crippen molar-refractivity contribution >= 4 is 5.65 Å². The van der Waals surface area contributed by atoms with E-state index in [1.807, 2.05) is 0 Å². The average Bonchev–Trinajstić information content (AvgIpc) is 2.17. The van der Waals surface area contributed by atoms with Gasteiger partial charge < -0.3 is 5.73 Å². The highest BCUT2D eigenvalue weighted by Crippen LogP contribution is 2.02. The zero-order valence-corrected chi connectivity index (χ0v) is 7.98. The number of rotatable bonds is 2. The van der Waals surface area contributed by atoms with Gasteiger partial charge in [-0.15, -0.1) is 0 Å². The maximum absolute atomic E-state index is 12.9. The lowest BCUT2D eigenvalue weighted by Gasteiger charge is -2.02. The zero-order chi connectivity index (χ0) is 10.8. The summed E-state index contributed by atoms with van der Waals surface area (Å²) in [5.74, 6) is -0.410. The maximum Gasteiger partial charge on any atom is 0.258 e. The second-order valence-electron chi connectivity index (χ2n) is 3.20. The number of fused-ring (bicyclic) bond motifs is 1. The predicted octanol–water partition coefficient (Wildman–Crippen LogP) is 0.335. The quantitative estimate of drug-likeness (QED) is 0.772. The number of hydrogen-bond acceptors (Lipinski definition) is 3. The molecule has 0 atom stereocenters. The van der Waals surface area contributed by atoms with Crippen molar-refractivity contribution in [2.45, 2.75) is 6.42 Å². The fourth-order valence-electron chi connectivity index (χ4n) is 1.40. The summed E-state index contributed by atoms with van der Waals surface area (Å²) in [5.41, 5.74) is 6.04. The van der Waals surface area contributed by atoms with Crippen molar-refractivity contribution in [1.82, 2.24) is 9.38 Å². The standard InChI is InChI=1S/C10H10FN3O/c11-7-2-4-14-9(5-7)13-8(1-3-12)6-10(14)15/h2,4-6H,1,3,12H2. The number of aromatic nitrogens is 2. The maximum atomic E-state index is 12.9. The van der Waals surface area contributed by atoms with Gasteiger partial charge in [-0.05, 0) is 12.6 Å². The molecule has 2 heterocycles. The third-order valence-corrected chi connectivity index (χ3v) is 2.08. The lowest BCUT2D eigenvalue weighted by Crippen LogP contribution is -2.17. The molecule has 78 valence electrons. The molecule has 0 aromatic carbocycles. The first-order chi connectivity index (χ1) is 7.20. The summed E-state index contributed by atoms with van der Waals surface area (Å²) in [4.78, 5) is 15.7. The van der Waals surface area contributed by atoms with Gasteiger partial charge in [0, 0.05) is 30.4 Å². The van der Waals surface area contributed by atoms with Crippen molar-refractivity contribution in [1.29, 1.82) is 0 Å². The molecule has 0 amide bonds. The van der Waals surface area contributed by atoms with Gasteiger partial charge in [0.2, 0.25) is 0 Å². The van der Waals surface area contributed by atoms with Crippen LogP contribution in [0.25, 0.3) is 5.65 Å². The Balaban J connectivity index is 2.68. The third-order valence-electron chi connectivity index (χ3n) is 2.08. The summed E-state index contributed by atoms with van der Waals surface area (Å²) < 4.78 is 14.2. The molecule has 0 spiro atoms. The Bertz CT molecular complexity index is 550. The number of halogens is 1. The van der Waals surface area contributed by atoms with Crippen LogP contribution in [0, 0.1) is 5.82 Å². The Labute approximate surface area is 85.2 Å². The van der Waals surface area contributed by atoms with E-state index in [1.165, 1.54) is 28.8 Å². The van der Waals surface area contributed by atoms with E-state index in [-0.39, 0.29) is 5.56 Å². The van der Waals surface area contributed by atoms with Gasteiger partial charge in [-0.3, -0.25) is 9.20 Å². The van der Waals surface area contributed by atoms with Crippen LogP contribution in [-0.2, 0) is 6.42 Å².